The zero-order valence-corrected chi connectivity index (χ0v) is 17.2. The van der Waals surface area contributed by atoms with Crippen molar-refractivity contribution >= 4 is 12.6 Å². The zero-order chi connectivity index (χ0) is 21.3. The highest BCUT2D eigenvalue weighted by molar-refractivity contribution is 5.56. The number of carbonyl (C=O) groups excluding carboxylic acids is 2. The second kappa shape index (κ2) is 16.8. The maximum atomic E-state index is 12.7. The first kappa shape index (κ1) is 26.1. The Morgan fingerprint density at radius 3 is 1.66 bits per heavy atom. The molecule has 0 unspecified atom stereocenters. The summed E-state index contributed by atoms with van der Waals surface area (Å²) in [4.78, 5) is 20.0. The summed E-state index contributed by atoms with van der Waals surface area (Å²) < 4.78 is 40.5. The lowest BCUT2D eigenvalue weighted by Gasteiger charge is -2.23. The van der Waals surface area contributed by atoms with Gasteiger partial charge < -0.3 is 28.9 Å². The highest BCUT2D eigenvalue weighted by atomic mass is 19.1. The van der Waals surface area contributed by atoms with Crippen molar-refractivity contribution in [1.82, 2.24) is 0 Å². The minimum atomic E-state index is -1.27. The monoisotopic (exact) mass is 422 g/mol. The molecule has 0 aromatic rings. The number of aldehydes is 2. The van der Waals surface area contributed by atoms with Crippen LogP contribution < -0.4 is 0 Å². The van der Waals surface area contributed by atoms with Gasteiger partial charge in [0.05, 0.1) is 6.61 Å². The zero-order valence-electron chi connectivity index (χ0n) is 17.2. The largest absolute Gasteiger partial charge is 0.393 e. The van der Waals surface area contributed by atoms with Gasteiger partial charge in [-0.15, -0.1) is 0 Å². The molecule has 6 nitrogen and oxygen atoms in total. The van der Waals surface area contributed by atoms with Crippen molar-refractivity contribution in [2.75, 3.05) is 46.2 Å². The van der Waals surface area contributed by atoms with Gasteiger partial charge in [0.25, 0.3) is 0 Å². The molecule has 2 atom stereocenters. The molecule has 8 heteroatoms. The van der Waals surface area contributed by atoms with Gasteiger partial charge >= 0.3 is 0 Å². The number of aliphatic hydroxyl groups is 1. The quantitative estimate of drug-likeness (QED) is 0.663. The van der Waals surface area contributed by atoms with Gasteiger partial charge in [0.2, 0.25) is 0 Å². The molecule has 0 aromatic heterocycles. The lowest BCUT2D eigenvalue weighted by molar-refractivity contribution is -0.114. The third-order valence-corrected chi connectivity index (χ3v) is 5.57. The van der Waals surface area contributed by atoms with Crippen molar-refractivity contribution in [3.63, 3.8) is 0 Å². The number of alkyl halides is 2. The highest BCUT2D eigenvalue weighted by Crippen LogP contribution is 2.21. The molecule has 3 saturated heterocycles. The fourth-order valence-electron chi connectivity index (χ4n) is 3.49. The van der Waals surface area contributed by atoms with E-state index in [2.05, 4.69) is 0 Å². The normalized spacial score (nSPS) is 23.6. The van der Waals surface area contributed by atoms with Crippen molar-refractivity contribution in [1.29, 1.82) is 0 Å². The molecule has 170 valence electrons. The molecular weight excluding hydrogens is 386 g/mol. The van der Waals surface area contributed by atoms with Crippen molar-refractivity contribution in [3.05, 3.63) is 0 Å². The van der Waals surface area contributed by atoms with Crippen molar-refractivity contribution in [3.8, 4) is 0 Å². The van der Waals surface area contributed by atoms with Gasteiger partial charge in [0.1, 0.15) is 12.5 Å². The van der Waals surface area contributed by atoms with Gasteiger partial charge in [-0.3, -0.25) is 0 Å². The maximum Gasteiger partial charge on any atom is 0.158 e. The molecule has 0 radical (unpaired) electrons. The third-order valence-electron chi connectivity index (χ3n) is 5.57. The predicted molar refractivity (Wildman–Crippen MR) is 104 cm³/mol. The van der Waals surface area contributed by atoms with E-state index in [1.165, 1.54) is 0 Å². The summed E-state index contributed by atoms with van der Waals surface area (Å²) in [6.45, 7) is 3.83. The fraction of sp³-hybridized carbons (Fsp3) is 0.905. The number of ether oxygens (including phenoxy) is 3. The van der Waals surface area contributed by atoms with Crippen LogP contribution in [0.3, 0.4) is 0 Å². The number of hydrogen-bond acceptors (Lipinski definition) is 6. The summed E-state index contributed by atoms with van der Waals surface area (Å²) in [6, 6.07) is 0. The van der Waals surface area contributed by atoms with Gasteiger partial charge in [0.15, 0.2) is 12.5 Å². The second-order valence-electron chi connectivity index (χ2n) is 7.64. The molecule has 3 fully saturated rings. The average Bonchev–Trinajstić information content (AvgIpc) is 2.81. The van der Waals surface area contributed by atoms with Gasteiger partial charge in [-0.05, 0) is 50.4 Å². The molecule has 0 saturated carbocycles. The van der Waals surface area contributed by atoms with Crippen LogP contribution in [-0.2, 0) is 23.8 Å². The van der Waals surface area contributed by atoms with Gasteiger partial charge in [-0.2, -0.15) is 0 Å². The summed E-state index contributed by atoms with van der Waals surface area (Å²) in [6.07, 6.45) is 4.81. The number of halogens is 2. The molecular formula is C21H36F2O6. The fourth-order valence-corrected chi connectivity index (χ4v) is 3.49. The number of rotatable bonds is 6. The van der Waals surface area contributed by atoms with Crippen LogP contribution in [0.25, 0.3) is 0 Å². The first-order valence-corrected chi connectivity index (χ1v) is 10.6. The van der Waals surface area contributed by atoms with E-state index in [9.17, 15) is 18.4 Å². The van der Waals surface area contributed by atoms with E-state index < -0.39 is 12.3 Å². The maximum absolute atomic E-state index is 12.7. The van der Waals surface area contributed by atoms with Crippen LogP contribution in [0, 0.1) is 17.8 Å². The smallest absolute Gasteiger partial charge is 0.158 e. The Bertz CT molecular complexity index is 408. The summed E-state index contributed by atoms with van der Waals surface area (Å²) in [5.74, 6) is 0.543. The standard InChI is InChI=1S/C7H13FO2.C7H11FO2.C7H12O2/c2*8-7(5-9)6-1-3-10-4-2-6;8-4-1-7-2-5-9-6-3-7/h6-7,9H,1-5H2;5-7H,1-4H2;4,7H,1-3,5-6H2/t2*7-;/m00./s1. The molecule has 0 bridgehead atoms. The Balaban J connectivity index is 0.000000218. The molecule has 0 amide bonds. The molecule has 0 spiro atoms. The van der Waals surface area contributed by atoms with Gasteiger partial charge in [-0.25, -0.2) is 8.78 Å². The van der Waals surface area contributed by atoms with Crippen LogP contribution in [-0.4, -0.2) is 76.3 Å². The second-order valence-corrected chi connectivity index (χ2v) is 7.64. The van der Waals surface area contributed by atoms with Crippen LogP contribution in [0.1, 0.15) is 44.9 Å². The molecule has 29 heavy (non-hydrogen) atoms. The van der Waals surface area contributed by atoms with Crippen LogP contribution in [0.15, 0.2) is 0 Å². The first-order valence-electron chi connectivity index (χ1n) is 10.6. The van der Waals surface area contributed by atoms with Crippen LogP contribution in [0.4, 0.5) is 8.78 Å². The SMILES string of the molecule is O=CCC1CCOCC1.O=C[C@H](F)C1CCOCC1.OC[C@H](F)C1CCOCC1. The van der Waals surface area contributed by atoms with E-state index in [-0.39, 0.29) is 18.4 Å². The Morgan fingerprint density at radius 2 is 1.24 bits per heavy atom. The van der Waals surface area contributed by atoms with Crippen molar-refractivity contribution < 1.29 is 37.7 Å². The number of carbonyl (C=O) groups is 2. The molecule has 0 aliphatic carbocycles. The Hall–Kier alpha value is -0.960. The van der Waals surface area contributed by atoms with E-state index in [1.54, 1.807) is 0 Å². The van der Waals surface area contributed by atoms with E-state index in [0.29, 0.717) is 51.5 Å². The molecule has 1 N–H and O–H groups in total. The third kappa shape index (κ3) is 11.7. The van der Waals surface area contributed by atoms with E-state index in [4.69, 9.17) is 19.3 Å². The van der Waals surface area contributed by atoms with E-state index in [1.807, 2.05) is 0 Å². The Kier molecular flexibility index (Phi) is 15.1. The number of aliphatic hydroxyl groups excluding tert-OH is 1. The summed E-state index contributed by atoms with van der Waals surface area (Å²) >= 11 is 0. The summed E-state index contributed by atoms with van der Waals surface area (Å²) in [5.41, 5.74) is 0. The minimum Gasteiger partial charge on any atom is -0.393 e. The lowest BCUT2D eigenvalue weighted by atomic mass is 9.95. The van der Waals surface area contributed by atoms with Crippen LogP contribution in [0.5, 0.6) is 0 Å². The van der Waals surface area contributed by atoms with Gasteiger partial charge in [0, 0.05) is 52.0 Å². The predicted octanol–water partition coefficient (Wildman–Crippen LogP) is 2.70. The Morgan fingerprint density at radius 1 is 0.793 bits per heavy atom. The van der Waals surface area contributed by atoms with Crippen molar-refractivity contribution in [2.24, 2.45) is 17.8 Å². The molecule has 3 rings (SSSR count). The Labute approximate surface area is 172 Å². The van der Waals surface area contributed by atoms with E-state index in [0.717, 1.165) is 51.6 Å². The molecule has 3 aliphatic rings. The van der Waals surface area contributed by atoms with Crippen molar-refractivity contribution in [2.45, 2.75) is 57.3 Å². The first-order chi connectivity index (χ1) is 14.1. The molecule has 0 aromatic carbocycles. The van der Waals surface area contributed by atoms with Crippen LogP contribution >= 0.6 is 0 Å². The van der Waals surface area contributed by atoms with Crippen LogP contribution in [0.2, 0.25) is 0 Å². The minimum absolute atomic E-state index is 0.0266. The number of hydrogen-bond donors (Lipinski definition) is 1. The molecule has 3 heterocycles. The van der Waals surface area contributed by atoms with E-state index >= 15 is 0 Å². The average molecular weight is 423 g/mol. The lowest BCUT2D eigenvalue weighted by Crippen LogP contribution is -2.26. The topological polar surface area (TPSA) is 82.1 Å². The summed E-state index contributed by atoms with van der Waals surface area (Å²) in [7, 11) is 0. The molecule has 3 aliphatic heterocycles. The summed E-state index contributed by atoms with van der Waals surface area (Å²) in [5, 5.41) is 8.47. The highest BCUT2D eigenvalue weighted by Gasteiger charge is 2.23. The van der Waals surface area contributed by atoms with Gasteiger partial charge in [-0.1, -0.05) is 0 Å².